The van der Waals surface area contributed by atoms with Crippen LogP contribution in [0.1, 0.15) is 37.8 Å². The quantitative estimate of drug-likeness (QED) is 0.611. The van der Waals surface area contributed by atoms with Crippen molar-refractivity contribution in [3.8, 4) is 5.75 Å². The summed E-state index contributed by atoms with van der Waals surface area (Å²) in [5.41, 5.74) is 2.40. The van der Waals surface area contributed by atoms with Gasteiger partial charge in [-0.15, -0.1) is 0 Å². The summed E-state index contributed by atoms with van der Waals surface area (Å²) in [6.07, 6.45) is 19.6. The molecule has 0 radical (unpaired) electrons. The second-order valence-corrected chi connectivity index (χ2v) is 7.59. The first-order valence-corrected chi connectivity index (χ1v) is 10.5. The highest BCUT2D eigenvalue weighted by atomic mass is 16.5. The molecule has 1 aliphatic heterocycles. The number of aryl methyl sites for hydroxylation is 1. The van der Waals surface area contributed by atoms with E-state index in [4.69, 9.17) is 9.47 Å². The summed E-state index contributed by atoms with van der Waals surface area (Å²) in [4.78, 5) is 0. The number of benzene rings is 1. The molecule has 3 heteroatoms. The molecule has 1 aromatic carbocycles. The Labute approximate surface area is 169 Å². The molecule has 150 valence electrons. The van der Waals surface area contributed by atoms with E-state index >= 15 is 0 Å². The molecule has 3 rings (SSSR count). The van der Waals surface area contributed by atoms with Crippen LogP contribution in [0.5, 0.6) is 5.75 Å². The largest absolute Gasteiger partial charge is 0.494 e. The van der Waals surface area contributed by atoms with Crippen LogP contribution in [-0.4, -0.2) is 25.3 Å². The monoisotopic (exact) mass is 379 g/mol. The van der Waals surface area contributed by atoms with Crippen molar-refractivity contribution in [1.29, 1.82) is 0 Å². The predicted molar refractivity (Wildman–Crippen MR) is 117 cm³/mol. The van der Waals surface area contributed by atoms with Crippen LogP contribution in [0.2, 0.25) is 0 Å². The topological polar surface area (TPSA) is 30.5 Å². The molecule has 0 aromatic heterocycles. The second-order valence-electron chi connectivity index (χ2n) is 7.59. The normalized spacial score (nSPS) is 26.5. The van der Waals surface area contributed by atoms with Gasteiger partial charge in [0.25, 0.3) is 0 Å². The highest BCUT2D eigenvalue weighted by Gasteiger charge is 2.24. The molecule has 4 unspecified atom stereocenters. The van der Waals surface area contributed by atoms with Crippen LogP contribution < -0.4 is 10.1 Å². The van der Waals surface area contributed by atoms with Gasteiger partial charge < -0.3 is 14.8 Å². The summed E-state index contributed by atoms with van der Waals surface area (Å²) in [5, 5.41) is 3.75. The van der Waals surface area contributed by atoms with E-state index < -0.39 is 0 Å². The maximum absolute atomic E-state index is 5.65. The zero-order valence-electron chi connectivity index (χ0n) is 17.3. The van der Waals surface area contributed by atoms with E-state index in [1.807, 2.05) is 13.0 Å². The molecule has 1 aliphatic carbocycles. The lowest BCUT2D eigenvalue weighted by Gasteiger charge is -2.32. The lowest BCUT2D eigenvalue weighted by atomic mass is 9.82. The van der Waals surface area contributed by atoms with Crippen molar-refractivity contribution in [2.45, 2.75) is 45.8 Å². The first-order chi connectivity index (χ1) is 13.7. The summed E-state index contributed by atoms with van der Waals surface area (Å²) < 4.78 is 11.3. The third-order valence-electron chi connectivity index (χ3n) is 5.51. The average molecular weight is 380 g/mol. The van der Waals surface area contributed by atoms with Crippen molar-refractivity contribution in [2.24, 2.45) is 11.8 Å². The Morgan fingerprint density at radius 3 is 2.79 bits per heavy atom. The Morgan fingerprint density at radius 1 is 1.18 bits per heavy atom. The van der Waals surface area contributed by atoms with Gasteiger partial charge in [0.2, 0.25) is 0 Å². The van der Waals surface area contributed by atoms with E-state index in [2.05, 4.69) is 73.8 Å². The van der Waals surface area contributed by atoms with Crippen LogP contribution in [0.3, 0.4) is 0 Å². The van der Waals surface area contributed by atoms with Crippen LogP contribution in [0, 0.1) is 18.8 Å². The Hall–Kier alpha value is -2.26. The highest BCUT2D eigenvalue weighted by molar-refractivity contribution is 5.54. The molecule has 4 atom stereocenters. The number of nitrogens with one attached hydrogen (secondary N) is 1. The zero-order valence-corrected chi connectivity index (χ0v) is 17.3. The third-order valence-corrected chi connectivity index (χ3v) is 5.51. The van der Waals surface area contributed by atoms with Gasteiger partial charge in [-0.05, 0) is 68.0 Å². The van der Waals surface area contributed by atoms with Gasteiger partial charge in [-0.25, -0.2) is 0 Å². The molecule has 0 bridgehead atoms. The fourth-order valence-corrected chi connectivity index (χ4v) is 3.83. The van der Waals surface area contributed by atoms with Crippen molar-refractivity contribution < 1.29 is 9.47 Å². The van der Waals surface area contributed by atoms with Crippen molar-refractivity contribution in [3.05, 3.63) is 72.0 Å². The van der Waals surface area contributed by atoms with E-state index in [0.29, 0.717) is 24.5 Å². The number of ether oxygens (including phenoxy) is 2. The number of rotatable bonds is 8. The van der Waals surface area contributed by atoms with Crippen LogP contribution in [0.15, 0.2) is 60.9 Å². The predicted octanol–water partition coefficient (Wildman–Crippen LogP) is 5.44. The van der Waals surface area contributed by atoms with Crippen molar-refractivity contribution >= 4 is 6.08 Å². The van der Waals surface area contributed by atoms with Crippen molar-refractivity contribution in [1.82, 2.24) is 5.32 Å². The Morgan fingerprint density at radius 2 is 2.07 bits per heavy atom. The van der Waals surface area contributed by atoms with Crippen LogP contribution in [-0.2, 0) is 4.74 Å². The van der Waals surface area contributed by atoms with E-state index in [-0.39, 0.29) is 6.10 Å². The zero-order chi connectivity index (χ0) is 19.8. The number of allylic oxidation sites excluding steroid dienone is 3. The van der Waals surface area contributed by atoms with Crippen molar-refractivity contribution in [2.75, 3.05) is 13.2 Å². The molecule has 1 aromatic rings. The standard InChI is InChI=1S/C25H33NO2/c1-4-20-9-12-22(24(17-20)26-18-23-8-6-7-15-28-23)13-10-21-11-14-25(27-5-2)19(3)16-21/h6-16,20,22-24,26H,4-5,17-18H2,1-3H3. The molecule has 1 heterocycles. The third kappa shape index (κ3) is 5.62. The lowest BCUT2D eigenvalue weighted by Crippen LogP contribution is -2.42. The van der Waals surface area contributed by atoms with Crippen LogP contribution in [0.4, 0.5) is 0 Å². The first-order valence-electron chi connectivity index (χ1n) is 10.5. The smallest absolute Gasteiger partial charge is 0.129 e. The van der Waals surface area contributed by atoms with Crippen LogP contribution >= 0.6 is 0 Å². The highest BCUT2D eigenvalue weighted by Crippen LogP contribution is 2.27. The molecule has 0 saturated carbocycles. The number of hydrogen-bond acceptors (Lipinski definition) is 3. The fourth-order valence-electron chi connectivity index (χ4n) is 3.83. The summed E-state index contributed by atoms with van der Waals surface area (Å²) in [5.74, 6) is 2.01. The Balaban J connectivity index is 1.66. The molecule has 0 fully saturated rings. The first kappa shape index (κ1) is 20.5. The van der Waals surface area contributed by atoms with Gasteiger partial charge in [-0.2, -0.15) is 0 Å². The van der Waals surface area contributed by atoms with Gasteiger partial charge in [0.15, 0.2) is 0 Å². The summed E-state index contributed by atoms with van der Waals surface area (Å²) in [6, 6.07) is 6.82. The molecule has 1 N–H and O–H groups in total. The summed E-state index contributed by atoms with van der Waals surface area (Å²) >= 11 is 0. The molecule has 2 aliphatic rings. The Kier molecular flexibility index (Phi) is 7.55. The molecule has 0 spiro atoms. The maximum atomic E-state index is 5.65. The van der Waals surface area contributed by atoms with E-state index in [1.165, 1.54) is 17.5 Å². The Bertz CT molecular complexity index is 747. The molecular weight excluding hydrogens is 346 g/mol. The SMILES string of the molecule is CCOc1ccc(C=CC2C=CC(CC)CC2NCC2C=CC=CO2)cc1C. The van der Waals surface area contributed by atoms with Gasteiger partial charge in [0.05, 0.1) is 12.9 Å². The van der Waals surface area contributed by atoms with E-state index in [9.17, 15) is 0 Å². The van der Waals surface area contributed by atoms with Gasteiger partial charge in [0, 0.05) is 18.5 Å². The molecular formula is C25H33NO2. The lowest BCUT2D eigenvalue weighted by molar-refractivity contribution is 0.171. The molecule has 28 heavy (non-hydrogen) atoms. The average Bonchev–Trinajstić information content (AvgIpc) is 2.73. The fraction of sp³-hybridized carbons (Fsp3) is 0.440. The number of hydrogen-bond donors (Lipinski definition) is 1. The molecule has 0 amide bonds. The maximum Gasteiger partial charge on any atom is 0.129 e. The molecule has 0 saturated heterocycles. The summed E-state index contributed by atoms with van der Waals surface area (Å²) in [7, 11) is 0. The van der Waals surface area contributed by atoms with Gasteiger partial charge in [-0.1, -0.05) is 43.4 Å². The molecule has 3 nitrogen and oxygen atoms in total. The van der Waals surface area contributed by atoms with Crippen molar-refractivity contribution in [3.63, 3.8) is 0 Å². The van der Waals surface area contributed by atoms with Crippen LogP contribution in [0.25, 0.3) is 6.08 Å². The second kappa shape index (κ2) is 10.3. The van der Waals surface area contributed by atoms with E-state index in [1.54, 1.807) is 6.26 Å². The van der Waals surface area contributed by atoms with E-state index in [0.717, 1.165) is 18.7 Å². The van der Waals surface area contributed by atoms with Gasteiger partial charge in [0.1, 0.15) is 11.9 Å². The minimum atomic E-state index is 0.120. The minimum Gasteiger partial charge on any atom is -0.494 e. The minimum absolute atomic E-state index is 0.120. The van der Waals surface area contributed by atoms with Gasteiger partial charge in [-0.3, -0.25) is 0 Å². The summed E-state index contributed by atoms with van der Waals surface area (Å²) in [6.45, 7) is 7.92. The van der Waals surface area contributed by atoms with Gasteiger partial charge >= 0.3 is 0 Å².